The van der Waals surface area contributed by atoms with Crippen LogP contribution in [0.5, 0.6) is 5.75 Å². The highest BCUT2D eigenvalue weighted by Gasteiger charge is 2.35. The normalized spacial score (nSPS) is 13.0. The van der Waals surface area contributed by atoms with Crippen molar-refractivity contribution < 1.29 is 14.3 Å². The highest BCUT2D eigenvalue weighted by Crippen LogP contribution is 2.26. The van der Waals surface area contributed by atoms with Gasteiger partial charge in [-0.1, -0.05) is 13.8 Å². The number of carbonyl (C=O) groups excluding carboxylic acids is 1. The molecule has 0 aliphatic heterocycles. The highest BCUT2D eigenvalue weighted by atomic mass is 16.5. The lowest BCUT2D eigenvalue weighted by Gasteiger charge is -2.28. The van der Waals surface area contributed by atoms with Gasteiger partial charge in [0.05, 0.1) is 20.4 Å². The van der Waals surface area contributed by atoms with E-state index >= 15 is 0 Å². The summed E-state index contributed by atoms with van der Waals surface area (Å²) in [5.41, 5.74) is 5.98. The maximum Gasteiger partial charge on any atom is 0.323 e. The number of hydrogen-bond acceptors (Lipinski definition) is 5. The van der Waals surface area contributed by atoms with Crippen molar-refractivity contribution in [1.29, 1.82) is 0 Å². The summed E-state index contributed by atoms with van der Waals surface area (Å²) in [4.78, 5) is 15.7. The van der Waals surface area contributed by atoms with Crippen molar-refractivity contribution in [3.05, 3.63) is 24.0 Å². The Morgan fingerprint density at radius 2 is 2.06 bits per heavy atom. The van der Waals surface area contributed by atoms with Crippen molar-refractivity contribution >= 4 is 5.97 Å². The molecule has 0 amide bonds. The fourth-order valence-electron chi connectivity index (χ4n) is 1.46. The second kappa shape index (κ2) is 5.14. The van der Waals surface area contributed by atoms with Crippen molar-refractivity contribution in [3.8, 4) is 5.75 Å². The average Bonchev–Trinajstić information content (AvgIpc) is 2.36. The van der Waals surface area contributed by atoms with Crippen molar-refractivity contribution in [3.63, 3.8) is 0 Å². The third kappa shape index (κ3) is 2.74. The second-order valence-corrected chi connectivity index (χ2v) is 4.31. The first-order valence-corrected chi connectivity index (χ1v) is 5.27. The van der Waals surface area contributed by atoms with Gasteiger partial charge in [-0.3, -0.25) is 9.78 Å². The third-order valence-electron chi connectivity index (χ3n) is 2.86. The van der Waals surface area contributed by atoms with Crippen LogP contribution in [0.2, 0.25) is 0 Å². The maximum atomic E-state index is 11.5. The van der Waals surface area contributed by atoms with Gasteiger partial charge in [-0.15, -0.1) is 0 Å². The Morgan fingerprint density at radius 3 is 2.47 bits per heavy atom. The summed E-state index contributed by atoms with van der Waals surface area (Å²) < 4.78 is 9.67. The van der Waals surface area contributed by atoms with Crippen molar-refractivity contribution in [2.45, 2.75) is 25.3 Å². The van der Waals surface area contributed by atoms with E-state index in [9.17, 15) is 4.79 Å². The Hall–Kier alpha value is -1.62. The minimum absolute atomic E-state index is 0.451. The van der Waals surface area contributed by atoms with Gasteiger partial charge in [0.2, 0.25) is 0 Å². The number of pyridine rings is 1. The van der Waals surface area contributed by atoms with E-state index in [0.29, 0.717) is 5.75 Å². The molecule has 1 atom stereocenters. The molecule has 0 fully saturated rings. The van der Waals surface area contributed by atoms with Gasteiger partial charge in [-0.05, 0) is 12.1 Å². The number of nitrogens with two attached hydrogens (primary N) is 1. The van der Waals surface area contributed by atoms with Crippen LogP contribution in [-0.2, 0) is 14.9 Å². The Balaban J connectivity index is 2.99. The molecule has 1 heterocycles. The summed E-state index contributed by atoms with van der Waals surface area (Å²) in [6.45, 7) is 3.70. The van der Waals surface area contributed by atoms with E-state index in [1.54, 1.807) is 25.4 Å². The molecule has 5 nitrogen and oxygen atoms in total. The molecule has 0 radical (unpaired) electrons. The van der Waals surface area contributed by atoms with Crippen LogP contribution in [0, 0.1) is 0 Å². The zero-order valence-corrected chi connectivity index (χ0v) is 10.6. The molecule has 0 spiro atoms. The fourth-order valence-corrected chi connectivity index (χ4v) is 1.46. The van der Waals surface area contributed by atoms with Crippen LogP contribution >= 0.6 is 0 Å². The topological polar surface area (TPSA) is 74.4 Å². The summed E-state index contributed by atoms with van der Waals surface area (Å²) in [6.07, 6.45) is 1.60. The van der Waals surface area contributed by atoms with E-state index < -0.39 is 17.4 Å². The average molecular weight is 238 g/mol. The molecule has 0 bridgehead atoms. The van der Waals surface area contributed by atoms with Crippen LogP contribution in [0.25, 0.3) is 0 Å². The molecule has 0 aliphatic carbocycles. The van der Waals surface area contributed by atoms with E-state index in [0.717, 1.165) is 5.69 Å². The Kier molecular flexibility index (Phi) is 4.07. The SMILES string of the molecule is COC(=O)C(N)C(C)(C)c1ccc(OC)cn1. The molecule has 5 heteroatoms. The van der Waals surface area contributed by atoms with Crippen LogP contribution in [0.1, 0.15) is 19.5 Å². The number of esters is 1. The number of hydrogen-bond donors (Lipinski definition) is 1. The van der Waals surface area contributed by atoms with Gasteiger partial charge in [0.15, 0.2) is 0 Å². The monoisotopic (exact) mass is 238 g/mol. The van der Waals surface area contributed by atoms with Gasteiger partial charge in [0.25, 0.3) is 0 Å². The van der Waals surface area contributed by atoms with Gasteiger partial charge in [-0.2, -0.15) is 0 Å². The first-order chi connectivity index (χ1) is 7.93. The van der Waals surface area contributed by atoms with E-state index in [2.05, 4.69) is 9.72 Å². The molecule has 0 aliphatic rings. The van der Waals surface area contributed by atoms with E-state index in [1.165, 1.54) is 7.11 Å². The van der Waals surface area contributed by atoms with Gasteiger partial charge in [0, 0.05) is 11.1 Å². The number of carbonyl (C=O) groups is 1. The first-order valence-electron chi connectivity index (χ1n) is 5.27. The van der Waals surface area contributed by atoms with Crippen LogP contribution in [-0.4, -0.2) is 31.2 Å². The van der Waals surface area contributed by atoms with Crippen LogP contribution in [0.15, 0.2) is 18.3 Å². The zero-order chi connectivity index (χ0) is 13.1. The Morgan fingerprint density at radius 1 is 1.41 bits per heavy atom. The standard InChI is InChI=1S/C12H18N2O3/c1-12(2,10(13)11(15)17-4)9-6-5-8(16-3)7-14-9/h5-7,10H,13H2,1-4H3. The molecule has 0 aromatic carbocycles. The molecule has 17 heavy (non-hydrogen) atoms. The number of methoxy groups -OCH3 is 2. The van der Waals surface area contributed by atoms with Gasteiger partial charge in [-0.25, -0.2) is 0 Å². The van der Waals surface area contributed by atoms with Crippen LogP contribution in [0.4, 0.5) is 0 Å². The van der Waals surface area contributed by atoms with Crippen molar-refractivity contribution in [2.75, 3.05) is 14.2 Å². The lowest BCUT2D eigenvalue weighted by molar-refractivity contribution is -0.143. The lowest BCUT2D eigenvalue weighted by atomic mass is 9.81. The number of rotatable bonds is 4. The molecule has 94 valence electrons. The van der Waals surface area contributed by atoms with E-state index in [4.69, 9.17) is 10.5 Å². The number of nitrogens with zero attached hydrogens (tertiary/aromatic N) is 1. The Labute approximate surface area is 101 Å². The lowest BCUT2D eigenvalue weighted by Crippen LogP contribution is -2.47. The summed E-state index contributed by atoms with van der Waals surface area (Å²) in [5.74, 6) is 0.212. The smallest absolute Gasteiger partial charge is 0.323 e. The molecule has 1 aromatic rings. The highest BCUT2D eigenvalue weighted by molar-refractivity contribution is 5.77. The van der Waals surface area contributed by atoms with Crippen molar-refractivity contribution in [2.24, 2.45) is 5.73 Å². The molecular weight excluding hydrogens is 220 g/mol. The molecule has 0 saturated heterocycles. The maximum absolute atomic E-state index is 11.5. The van der Waals surface area contributed by atoms with Gasteiger partial charge in [0.1, 0.15) is 11.8 Å². The van der Waals surface area contributed by atoms with Gasteiger partial charge < -0.3 is 15.2 Å². The largest absolute Gasteiger partial charge is 0.495 e. The van der Waals surface area contributed by atoms with Crippen LogP contribution < -0.4 is 10.5 Å². The predicted molar refractivity (Wildman–Crippen MR) is 63.8 cm³/mol. The quantitative estimate of drug-likeness (QED) is 0.788. The summed E-state index contributed by atoms with van der Waals surface area (Å²) in [7, 11) is 2.89. The third-order valence-corrected chi connectivity index (χ3v) is 2.86. The summed E-state index contributed by atoms with van der Waals surface area (Å²) in [6, 6.07) is 2.82. The molecule has 1 aromatic heterocycles. The first kappa shape index (κ1) is 13.4. The predicted octanol–water partition coefficient (Wildman–Crippen LogP) is 0.868. The van der Waals surface area contributed by atoms with Crippen molar-refractivity contribution in [1.82, 2.24) is 4.98 Å². The summed E-state index contributed by atoms with van der Waals surface area (Å²) in [5, 5.41) is 0. The van der Waals surface area contributed by atoms with E-state index in [1.807, 2.05) is 13.8 Å². The molecule has 0 saturated carbocycles. The fraction of sp³-hybridized carbons (Fsp3) is 0.500. The second-order valence-electron chi connectivity index (χ2n) is 4.31. The van der Waals surface area contributed by atoms with E-state index in [-0.39, 0.29) is 0 Å². The molecular formula is C12H18N2O3. The molecule has 1 unspecified atom stereocenters. The molecule has 1 rings (SSSR count). The summed E-state index contributed by atoms with van der Waals surface area (Å²) >= 11 is 0. The van der Waals surface area contributed by atoms with Crippen LogP contribution in [0.3, 0.4) is 0 Å². The minimum atomic E-state index is -0.756. The molecule has 2 N–H and O–H groups in total. The van der Waals surface area contributed by atoms with Gasteiger partial charge >= 0.3 is 5.97 Å². The minimum Gasteiger partial charge on any atom is -0.495 e. The number of aromatic nitrogens is 1. The number of ether oxygens (including phenoxy) is 2. The Bertz CT molecular complexity index is 387. The zero-order valence-electron chi connectivity index (χ0n) is 10.6.